The maximum Gasteiger partial charge on any atom is 0.301 e. The molecule has 2 aromatic rings. The summed E-state index contributed by atoms with van der Waals surface area (Å²) in [5.74, 6) is 0. The van der Waals surface area contributed by atoms with E-state index in [1.807, 2.05) is 6.92 Å². The molecule has 0 aliphatic carbocycles. The Labute approximate surface area is 107 Å². The second-order valence-corrected chi connectivity index (χ2v) is 4.03. The number of non-ortho nitro benzene ring substituents is 1. The Morgan fingerprint density at radius 2 is 1.84 bits per heavy atom. The quantitative estimate of drug-likeness (QED) is 0.623. The van der Waals surface area contributed by atoms with Gasteiger partial charge in [0.05, 0.1) is 21.6 Å². The van der Waals surface area contributed by atoms with Gasteiger partial charge in [0.1, 0.15) is 5.69 Å². The van der Waals surface area contributed by atoms with Gasteiger partial charge in [0.2, 0.25) is 0 Å². The highest BCUT2D eigenvalue weighted by atomic mass is 16.6. The first kappa shape index (κ1) is 12.7. The molecule has 2 rings (SSSR count). The lowest BCUT2D eigenvalue weighted by Gasteiger charge is -2.02. The summed E-state index contributed by atoms with van der Waals surface area (Å²) in [5.41, 5.74) is 1.15. The van der Waals surface area contributed by atoms with Crippen molar-refractivity contribution in [1.82, 2.24) is 9.78 Å². The second kappa shape index (κ2) is 4.48. The summed E-state index contributed by atoms with van der Waals surface area (Å²) in [5, 5.41) is 25.8. The predicted octanol–water partition coefficient (Wildman–Crippen LogP) is 2.31. The molecule has 0 N–H and O–H groups in total. The largest absolute Gasteiger partial charge is 0.301 e. The van der Waals surface area contributed by atoms with Crippen molar-refractivity contribution in [2.75, 3.05) is 0 Å². The molecule has 0 bridgehead atoms. The van der Waals surface area contributed by atoms with Crippen LogP contribution in [-0.2, 0) is 0 Å². The predicted molar refractivity (Wildman–Crippen MR) is 66.3 cm³/mol. The Bertz CT molecular complexity index is 658. The Morgan fingerprint density at radius 3 is 2.32 bits per heavy atom. The van der Waals surface area contributed by atoms with Crippen molar-refractivity contribution in [3.05, 3.63) is 55.9 Å². The van der Waals surface area contributed by atoms with Gasteiger partial charge in [-0.15, -0.1) is 0 Å². The molecule has 0 atom stereocenters. The Kier molecular flexibility index (Phi) is 2.99. The highest BCUT2D eigenvalue weighted by Gasteiger charge is 2.21. The minimum Gasteiger partial charge on any atom is -0.258 e. The van der Waals surface area contributed by atoms with E-state index in [0.29, 0.717) is 0 Å². The van der Waals surface area contributed by atoms with Gasteiger partial charge in [-0.2, -0.15) is 5.10 Å². The number of benzene rings is 1. The number of nitro groups is 2. The van der Waals surface area contributed by atoms with Crippen LogP contribution in [0.5, 0.6) is 0 Å². The first-order valence-electron chi connectivity index (χ1n) is 5.36. The number of aryl methyl sites for hydroxylation is 2. The summed E-state index contributed by atoms with van der Waals surface area (Å²) in [6.45, 7) is 3.61. The fourth-order valence-corrected chi connectivity index (χ4v) is 1.63. The van der Waals surface area contributed by atoms with Gasteiger partial charge in [-0.25, -0.2) is 4.68 Å². The average molecular weight is 262 g/mol. The Hall–Kier alpha value is -2.77. The van der Waals surface area contributed by atoms with Crippen LogP contribution in [0.15, 0.2) is 24.4 Å². The van der Waals surface area contributed by atoms with E-state index in [1.54, 1.807) is 13.1 Å². The van der Waals surface area contributed by atoms with E-state index in [9.17, 15) is 20.2 Å². The van der Waals surface area contributed by atoms with E-state index < -0.39 is 9.85 Å². The van der Waals surface area contributed by atoms with Gasteiger partial charge in [-0.05, 0) is 25.5 Å². The lowest BCUT2D eigenvalue weighted by molar-refractivity contribution is -0.394. The number of aromatic nitrogens is 2. The molecule has 0 saturated carbocycles. The monoisotopic (exact) mass is 262 g/mol. The maximum atomic E-state index is 11.0. The zero-order valence-corrected chi connectivity index (χ0v) is 10.2. The van der Waals surface area contributed by atoms with Crippen molar-refractivity contribution < 1.29 is 9.85 Å². The zero-order chi connectivity index (χ0) is 14.2. The molecule has 98 valence electrons. The molecule has 0 amide bonds. The van der Waals surface area contributed by atoms with Crippen molar-refractivity contribution in [2.45, 2.75) is 13.8 Å². The number of hydrogen-bond donors (Lipinski definition) is 0. The SMILES string of the molecule is Cc1cn(-c2ccc([N+](=O)[O-])cc2[N+](=O)[O-])nc1C. The summed E-state index contributed by atoms with van der Waals surface area (Å²) in [6.07, 6.45) is 1.64. The summed E-state index contributed by atoms with van der Waals surface area (Å²) >= 11 is 0. The van der Waals surface area contributed by atoms with E-state index in [4.69, 9.17) is 0 Å². The lowest BCUT2D eigenvalue weighted by atomic mass is 10.2. The van der Waals surface area contributed by atoms with Gasteiger partial charge in [0, 0.05) is 12.3 Å². The van der Waals surface area contributed by atoms with Crippen LogP contribution in [0, 0.1) is 34.1 Å². The van der Waals surface area contributed by atoms with Crippen molar-refractivity contribution >= 4 is 11.4 Å². The van der Waals surface area contributed by atoms with Gasteiger partial charge in [0.25, 0.3) is 5.69 Å². The normalized spacial score (nSPS) is 10.4. The van der Waals surface area contributed by atoms with Crippen LogP contribution in [0.4, 0.5) is 11.4 Å². The molecule has 0 unspecified atom stereocenters. The molecular formula is C11H10N4O4. The average Bonchev–Trinajstić information content (AvgIpc) is 2.68. The van der Waals surface area contributed by atoms with Gasteiger partial charge < -0.3 is 0 Å². The van der Waals surface area contributed by atoms with Crippen molar-refractivity contribution in [3.63, 3.8) is 0 Å². The smallest absolute Gasteiger partial charge is 0.258 e. The highest BCUT2D eigenvalue weighted by Crippen LogP contribution is 2.27. The second-order valence-electron chi connectivity index (χ2n) is 4.03. The van der Waals surface area contributed by atoms with E-state index >= 15 is 0 Å². The van der Waals surface area contributed by atoms with Gasteiger partial charge >= 0.3 is 5.69 Å². The zero-order valence-electron chi connectivity index (χ0n) is 10.2. The molecule has 1 heterocycles. The first-order valence-corrected chi connectivity index (χ1v) is 5.36. The number of nitro benzene ring substituents is 2. The molecule has 0 aliphatic rings. The fraction of sp³-hybridized carbons (Fsp3) is 0.182. The van der Waals surface area contributed by atoms with Crippen molar-refractivity contribution in [2.24, 2.45) is 0 Å². The molecule has 0 fully saturated rings. The third-order valence-corrected chi connectivity index (χ3v) is 2.76. The third kappa shape index (κ3) is 2.28. The number of nitrogens with zero attached hydrogens (tertiary/aromatic N) is 4. The lowest BCUT2D eigenvalue weighted by Crippen LogP contribution is -2.02. The summed E-state index contributed by atoms with van der Waals surface area (Å²) in [4.78, 5) is 20.3. The minimum absolute atomic E-state index is 0.201. The van der Waals surface area contributed by atoms with Crippen LogP contribution < -0.4 is 0 Å². The summed E-state index contributed by atoms with van der Waals surface area (Å²) in [7, 11) is 0. The van der Waals surface area contributed by atoms with Crippen molar-refractivity contribution in [1.29, 1.82) is 0 Å². The highest BCUT2D eigenvalue weighted by molar-refractivity contribution is 5.57. The molecule has 0 spiro atoms. The van der Waals surface area contributed by atoms with Crippen LogP contribution in [0.25, 0.3) is 5.69 Å². The number of rotatable bonds is 3. The van der Waals surface area contributed by atoms with Gasteiger partial charge in [-0.1, -0.05) is 0 Å². The Morgan fingerprint density at radius 1 is 1.16 bits per heavy atom. The number of hydrogen-bond acceptors (Lipinski definition) is 5. The molecule has 1 aromatic carbocycles. The molecule has 1 aromatic heterocycles. The van der Waals surface area contributed by atoms with Gasteiger partial charge in [-0.3, -0.25) is 20.2 Å². The first-order chi connectivity index (χ1) is 8.90. The van der Waals surface area contributed by atoms with Crippen LogP contribution in [-0.4, -0.2) is 19.6 Å². The van der Waals surface area contributed by atoms with E-state index in [2.05, 4.69) is 5.10 Å². The molecule has 8 nitrogen and oxygen atoms in total. The van der Waals surface area contributed by atoms with E-state index in [0.717, 1.165) is 17.3 Å². The molecule has 0 saturated heterocycles. The maximum absolute atomic E-state index is 11.0. The fourth-order valence-electron chi connectivity index (χ4n) is 1.63. The van der Waals surface area contributed by atoms with Crippen LogP contribution in [0.1, 0.15) is 11.3 Å². The van der Waals surface area contributed by atoms with Crippen molar-refractivity contribution in [3.8, 4) is 5.69 Å². The standard InChI is InChI=1S/C11H10N4O4/c1-7-6-13(12-8(7)2)10-4-3-9(14(16)17)5-11(10)15(18)19/h3-6H,1-2H3. The molecule has 8 heteroatoms. The van der Waals surface area contributed by atoms with Crippen LogP contribution in [0.3, 0.4) is 0 Å². The van der Waals surface area contributed by atoms with E-state index in [1.165, 1.54) is 16.8 Å². The Balaban J connectivity index is 2.63. The minimum atomic E-state index is -0.670. The molecular weight excluding hydrogens is 252 g/mol. The molecule has 0 aliphatic heterocycles. The molecule has 0 radical (unpaired) electrons. The molecule has 19 heavy (non-hydrogen) atoms. The van der Waals surface area contributed by atoms with Crippen LogP contribution in [0.2, 0.25) is 0 Å². The third-order valence-electron chi connectivity index (χ3n) is 2.76. The summed E-state index contributed by atoms with van der Waals surface area (Å²) in [6, 6.07) is 3.47. The summed E-state index contributed by atoms with van der Waals surface area (Å²) < 4.78 is 1.35. The topological polar surface area (TPSA) is 104 Å². The van der Waals surface area contributed by atoms with E-state index in [-0.39, 0.29) is 17.1 Å². The van der Waals surface area contributed by atoms with Gasteiger partial charge in [0.15, 0.2) is 0 Å². The van der Waals surface area contributed by atoms with Crippen LogP contribution >= 0.6 is 0 Å².